The molecular formula is C17H27N3O2S. The number of hydrogen-bond donors (Lipinski definition) is 2. The molecule has 23 heavy (non-hydrogen) atoms. The van der Waals surface area contributed by atoms with Crippen molar-refractivity contribution in [1.29, 1.82) is 0 Å². The summed E-state index contributed by atoms with van der Waals surface area (Å²) in [5.74, 6) is 0.528. The van der Waals surface area contributed by atoms with E-state index in [0.29, 0.717) is 23.9 Å². The van der Waals surface area contributed by atoms with Crippen LogP contribution in [0.4, 0.5) is 0 Å². The minimum absolute atomic E-state index is 0.0983. The van der Waals surface area contributed by atoms with Gasteiger partial charge in [-0.05, 0) is 19.8 Å². The molecule has 1 aliphatic rings. The van der Waals surface area contributed by atoms with Gasteiger partial charge in [0.1, 0.15) is 4.88 Å². The van der Waals surface area contributed by atoms with E-state index in [0.717, 1.165) is 36.4 Å². The molecule has 0 unspecified atom stereocenters. The first kappa shape index (κ1) is 17.9. The predicted octanol–water partition coefficient (Wildman–Crippen LogP) is 3.00. The van der Waals surface area contributed by atoms with Crippen molar-refractivity contribution in [2.24, 2.45) is 5.92 Å². The number of amides is 2. The molecule has 1 aliphatic carbocycles. The predicted molar refractivity (Wildman–Crippen MR) is 92.9 cm³/mol. The van der Waals surface area contributed by atoms with Gasteiger partial charge in [0, 0.05) is 24.9 Å². The van der Waals surface area contributed by atoms with E-state index in [1.807, 2.05) is 6.92 Å². The van der Waals surface area contributed by atoms with Gasteiger partial charge in [0.25, 0.3) is 5.91 Å². The van der Waals surface area contributed by atoms with Crippen molar-refractivity contribution in [2.45, 2.75) is 58.8 Å². The maximum atomic E-state index is 12.2. The molecule has 0 saturated heterocycles. The lowest BCUT2D eigenvalue weighted by atomic mass is 9.89. The minimum Gasteiger partial charge on any atom is -0.354 e. The molecule has 1 fully saturated rings. The van der Waals surface area contributed by atoms with Crippen LogP contribution < -0.4 is 10.6 Å². The third kappa shape index (κ3) is 5.03. The summed E-state index contributed by atoms with van der Waals surface area (Å²) in [6.07, 6.45) is 5.54. The summed E-state index contributed by atoms with van der Waals surface area (Å²) < 4.78 is 0. The highest BCUT2D eigenvalue weighted by molar-refractivity contribution is 7.13. The fourth-order valence-electron chi connectivity index (χ4n) is 2.83. The number of aromatic nitrogens is 1. The van der Waals surface area contributed by atoms with Gasteiger partial charge < -0.3 is 10.6 Å². The summed E-state index contributed by atoms with van der Waals surface area (Å²) in [4.78, 5) is 29.3. The van der Waals surface area contributed by atoms with E-state index in [2.05, 4.69) is 29.5 Å². The van der Waals surface area contributed by atoms with Crippen LogP contribution in [0.25, 0.3) is 0 Å². The van der Waals surface area contributed by atoms with Gasteiger partial charge in [-0.2, -0.15) is 0 Å². The fourth-order valence-corrected chi connectivity index (χ4v) is 3.81. The summed E-state index contributed by atoms with van der Waals surface area (Å²) in [6, 6.07) is 0. The number of nitrogens with zero attached hydrogens (tertiary/aromatic N) is 1. The highest BCUT2D eigenvalue weighted by Crippen LogP contribution is 2.24. The Kier molecular flexibility index (Phi) is 6.57. The number of carbonyl (C=O) groups excluding carboxylic acids is 2. The van der Waals surface area contributed by atoms with Crippen molar-refractivity contribution in [2.75, 3.05) is 13.1 Å². The molecule has 2 rings (SSSR count). The molecule has 2 amide bonds. The first-order chi connectivity index (χ1) is 11.0. The first-order valence-corrected chi connectivity index (χ1v) is 9.34. The van der Waals surface area contributed by atoms with Crippen molar-refractivity contribution in [3.05, 3.63) is 15.6 Å². The Morgan fingerprint density at radius 3 is 2.43 bits per heavy atom. The number of nitrogens with one attached hydrogen (secondary N) is 2. The molecule has 128 valence electrons. The summed E-state index contributed by atoms with van der Waals surface area (Å²) in [6.45, 7) is 6.94. The molecule has 0 atom stereocenters. The number of hydrogen-bond acceptors (Lipinski definition) is 4. The molecule has 0 aromatic carbocycles. The normalized spacial score (nSPS) is 15.7. The van der Waals surface area contributed by atoms with Gasteiger partial charge in [0.2, 0.25) is 5.91 Å². The van der Waals surface area contributed by atoms with E-state index in [4.69, 9.17) is 0 Å². The maximum absolute atomic E-state index is 12.2. The van der Waals surface area contributed by atoms with Crippen molar-refractivity contribution >= 4 is 23.2 Å². The lowest BCUT2D eigenvalue weighted by molar-refractivity contribution is -0.125. The molecular weight excluding hydrogens is 310 g/mol. The second-order valence-corrected chi connectivity index (χ2v) is 7.53. The van der Waals surface area contributed by atoms with Gasteiger partial charge in [-0.25, -0.2) is 4.98 Å². The van der Waals surface area contributed by atoms with Crippen LogP contribution in [-0.4, -0.2) is 29.9 Å². The first-order valence-electron chi connectivity index (χ1n) is 8.52. The molecule has 1 aromatic heterocycles. The summed E-state index contributed by atoms with van der Waals surface area (Å²) in [7, 11) is 0. The van der Waals surface area contributed by atoms with Crippen LogP contribution in [0.15, 0.2) is 0 Å². The van der Waals surface area contributed by atoms with E-state index in [9.17, 15) is 9.59 Å². The third-order valence-electron chi connectivity index (χ3n) is 4.20. The highest BCUT2D eigenvalue weighted by atomic mass is 32.1. The molecule has 1 heterocycles. The molecule has 2 N–H and O–H groups in total. The Morgan fingerprint density at radius 2 is 1.83 bits per heavy atom. The van der Waals surface area contributed by atoms with Crippen LogP contribution in [-0.2, 0) is 4.79 Å². The Labute approximate surface area is 142 Å². The minimum atomic E-state index is -0.0983. The van der Waals surface area contributed by atoms with E-state index in [1.54, 1.807) is 0 Å². The number of rotatable bonds is 6. The summed E-state index contributed by atoms with van der Waals surface area (Å²) >= 11 is 1.45. The van der Waals surface area contributed by atoms with Crippen LogP contribution in [0.5, 0.6) is 0 Å². The van der Waals surface area contributed by atoms with E-state index >= 15 is 0 Å². The smallest absolute Gasteiger partial charge is 0.263 e. The SMILES string of the molecule is Cc1nc(C(C)C)sc1C(=O)NCCNC(=O)C1CCCCC1. The second kappa shape index (κ2) is 8.43. The second-order valence-electron chi connectivity index (χ2n) is 6.50. The summed E-state index contributed by atoms with van der Waals surface area (Å²) in [5.41, 5.74) is 0.780. The van der Waals surface area contributed by atoms with Gasteiger partial charge in [-0.15, -0.1) is 11.3 Å². The van der Waals surface area contributed by atoms with Crippen LogP contribution in [0.1, 0.15) is 72.2 Å². The van der Waals surface area contributed by atoms with Gasteiger partial charge >= 0.3 is 0 Å². The number of aryl methyl sites for hydroxylation is 1. The topological polar surface area (TPSA) is 71.1 Å². The van der Waals surface area contributed by atoms with Crippen LogP contribution in [0.3, 0.4) is 0 Å². The Balaban J connectivity index is 1.73. The molecule has 1 aromatic rings. The van der Waals surface area contributed by atoms with Crippen LogP contribution in [0, 0.1) is 12.8 Å². The van der Waals surface area contributed by atoms with Crippen molar-refractivity contribution in [1.82, 2.24) is 15.6 Å². The number of carbonyl (C=O) groups is 2. The van der Waals surface area contributed by atoms with Crippen molar-refractivity contribution in [3.63, 3.8) is 0 Å². The lowest BCUT2D eigenvalue weighted by Crippen LogP contribution is -2.38. The molecule has 6 heteroatoms. The maximum Gasteiger partial charge on any atom is 0.263 e. The Bertz CT molecular complexity index is 548. The standard InChI is InChI=1S/C17H27N3O2S/c1-11(2)17-20-12(3)14(23-17)16(22)19-10-9-18-15(21)13-7-5-4-6-8-13/h11,13H,4-10H2,1-3H3,(H,18,21)(H,19,22). The van der Waals surface area contributed by atoms with Gasteiger partial charge in [0.05, 0.1) is 10.7 Å². The zero-order valence-corrected chi connectivity index (χ0v) is 15.1. The Hall–Kier alpha value is -1.43. The number of thiazole rings is 1. The summed E-state index contributed by atoms with van der Waals surface area (Å²) in [5, 5.41) is 6.78. The molecule has 0 bridgehead atoms. The van der Waals surface area contributed by atoms with E-state index in [1.165, 1.54) is 17.8 Å². The zero-order valence-electron chi connectivity index (χ0n) is 14.3. The largest absolute Gasteiger partial charge is 0.354 e. The van der Waals surface area contributed by atoms with E-state index < -0.39 is 0 Å². The van der Waals surface area contributed by atoms with Gasteiger partial charge in [0.15, 0.2) is 0 Å². The highest BCUT2D eigenvalue weighted by Gasteiger charge is 2.20. The van der Waals surface area contributed by atoms with E-state index in [-0.39, 0.29) is 17.7 Å². The molecule has 0 radical (unpaired) electrons. The van der Waals surface area contributed by atoms with Crippen molar-refractivity contribution in [3.8, 4) is 0 Å². The Morgan fingerprint density at radius 1 is 1.17 bits per heavy atom. The van der Waals surface area contributed by atoms with Gasteiger partial charge in [-0.1, -0.05) is 33.1 Å². The average Bonchev–Trinajstić information content (AvgIpc) is 2.94. The molecule has 0 aliphatic heterocycles. The zero-order chi connectivity index (χ0) is 16.8. The van der Waals surface area contributed by atoms with Crippen LogP contribution >= 0.6 is 11.3 Å². The van der Waals surface area contributed by atoms with Gasteiger partial charge in [-0.3, -0.25) is 9.59 Å². The monoisotopic (exact) mass is 337 g/mol. The quantitative estimate of drug-likeness (QED) is 0.784. The molecule has 1 saturated carbocycles. The van der Waals surface area contributed by atoms with Crippen LogP contribution in [0.2, 0.25) is 0 Å². The average molecular weight is 337 g/mol. The molecule has 5 nitrogen and oxygen atoms in total. The fraction of sp³-hybridized carbons (Fsp3) is 0.706. The third-order valence-corrected chi connectivity index (χ3v) is 5.66. The lowest BCUT2D eigenvalue weighted by Gasteiger charge is -2.20. The molecule has 0 spiro atoms. The van der Waals surface area contributed by atoms with Crippen molar-refractivity contribution < 1.29 is 9.59 Å².